The summed E-state index contributed by atoms with van der Waals surface area (Å²) in [7, 11) is 0. The maximum atomic E-state index is 12.2. The summed E-state index contributed by atoms with van der Waals surface area (Å²) in [6.07, 6.45) is 0.556. The van der Waals surface area contributed by atoms with E-state index in [9.17, 15) is 4.79 Å². The fourth-order valence-corrected chi connectivity index (χ4v) is 2.79. The highest BCUT2D eigenvalue weighted by Gasteiger charge is 2.23. The summed E-state index contributed by atoms with van der Waals surface area (Å²) in [5.41, 5.74) is 3.08. The van der Waals surface area contributed by atoms with Gasteiger partial charge in [-0.3, -0.25) is 4.79 Å². The lowest BCUT2D eigenvalue weighted by Gasteiger charge is -2.17. The molecular formula is C19H20Cl2O2. The monoisotopic (exact) mass is 350 g/mol. The van der Waals surface area contributed by atoms with Crippen LogP contribution in [0.3, 0.4) is 0 Å². The van der Waals surface area contributed by atoms with Gasteiger partial charge >= 0.3 is 5.97 Å². The first kappa shape index (κ1) is 17.8. The Morgan fingerprint density at radius 2 is 1.57 bits per heavy atom. The number of carbonyl (C=O) groups excluding carboxylic acids is 1. The summed E-state index contributed by atoms with van der Waals surface area (Å²) < 4.78 is 5.18. The molecule has 0 saturated carbocycles. The second-order valence-corrected chi connectivity index (χ2v) is 6.63. The maximum absolute atomic E-state index is 12.2. The van der Waals surface area contributed by atoms with Crippen LogP contribution in [0, 0.1) is 0 Å². The van der Waals surface area contributed by atoms with Gasteiger partial charge in [0.05, 0.1) is 12.5 Å². The van der Waals surface area contributed by atoms with Crippen molar-refractivity contribution in [3.05, 3.63) is 59.1 Å². The summed E-state index contributed by atoms with van der Waals surface area (Å²) in [6.45, 7) is 4.06. The second-order valence-electron chi connectivity index (χ2n) is 5.45. The third kappa shape index (κ3) is 4.98. The van der Waals surface area contributed by atoms with Gasteiger partial charge < -0.3 is 4.74 Å². The lowest BCUT2D eigenvalue weighted by atomic mass is 9.92. The molecule has 122 valence electrons. The van der Waals surface area contributed by atoms with Crippen molar-refractivity contribution >= 4 is 29.2 Å². The molecule has 0 saturated heterocycles. The van der Waals surface area contributed by atoms with Gasteiger partial charge in [-0.25, -0.2) is 0 Å². The standard InChI is InChI=1S/C19H20Cl2O2/c1-3-23-19(22)18(12-13(2)20)16-6-4-14(5-7-16)15-8-10-17(21)11-9-15/h4-11,13,18H,3,12H2,1-2H3. The maximum Gasteiger partial charge on any atom is 0.313 e. The van der Waals surface area contributed by atoms with Gasteiger partial charge in [-0.05, 0) is 49.1 Å². The zero-order chi connectivity index (χ0) is 16.8. The molecule has 2 rings (SSSR count). The predicted octanol–water partition coefficient (Wildman–Crippen LogP) is 5.67. The largest absolute Gasteiger partial charge is 0.466 e. The number of ether oxygens (including phenoxy) is 1. The average Bonchev–Trinajstić information content (AvgIpc) is 2.54. The van der Waals surface area contributed by atoms with Crippen LogP contribution in [0.1, 0.15) is 31.7 Å². The summed E-state index contributed by atoms with van der Waals surface area (Å²) >= 11 is 12.0. The molecule has 2 nitrogen and oxygen atoms in total. The van der Waals surface area contributed by atoms with E-state index in [1.165, 1.54) is 0 Å². The lowest BCUT2D eigenvalue weighted by molar-refractivity contribution is -0.145. The molecule has 2 unspecified atom stereocenters. The Labute approximate surface area is 147 Å². The van der Waals surface area contributed by atoms with E-state index in [0.717, 1.165) is 16.7 Å². The Kier molecular flexibility index (Phi) is 6.49. The Hall–Kier alpha value is -1.51. The fraction of sp³-hybridized carbons (Fsp3) is 0.316. The molecule has 0 spiro atoms. The molecule has 23 heavy (non-hydrogen) atoms. The van der Waals surface area contributed by atoms with E-state index in [-0.39, 0.29) is 17.3 Å². The molecule has 0 amide bonds. The van der Waals surface area contributed by atoms with Crippen molar-refractivity contribution in [2.24, 2.45) is 0 Å². The molecule has 2 aromatic carbocycles. The van der Waals surface area contributed by atoms with Gasteiger partial charge in [0.1, 0.15) is 0 Å². The minimum Gasteiger partial charge on any atom is -0.466 e. The number of benzene rings is 2. The molecule has 0 bridgehead atoms. The minimum atomic E-state index is -0.332. The molecule has 0 aromatic heterocycles. The molecule has 0 radical (unpaired) electrons. The molecular weight excluding hydrogens is 331 g/mol. The van der Waals surface area contributed by atoms with Crippen LogP contribution >= 0.6 is 23.2 Å². The van der Waals surface area contributed by atoms with E-state index < -0.39 is 0 Å². The highest BCUT2D eigenvalue weighted by molar-refractivity contribution is 6.30. The number of alkyl halides is 1. The number of halogens is 2. The van der Waals surface area contributed by atoms with Crippen LogP contribution in [-0.4, -0.2) is 18.0 Å². The summed E-state index contributed by atoms with van der Waals surface area (Å²) in [5.74, 6) is -0.555. The number of carbonyl (C=O) groups is 1. The van der Waals surface area contributed by atoms with Crippen molar-refractivity contribution < 1.29 is 9.53 Å². The number of rotatable bonds is 6. The molecule has 0 aliphatic heterocycles. The van der Waals surface area contributed by atoms with Crippen LogP contribution in [0.15, 0.2) is 48.5 Å². The van der Waals surface area contributed by atoms with E-state index in [4.69, 9.17) is 27.9 Å². The van der Waals surface area contributed by atoms with E-state index >= 15 is 0 Å². The topological polar surface area (TPSA) is 26.3 Å². The normalized spacial score (nSPS) is 13.4. The molecule has 2 atom stereocenters. The summed E-state index contributed by atoms with van der Waals surface area (Å²) in [4.78, 5) is 12.2. The van der Waals surface area contributed by atoms with Gasteiger partial charge in [0.15, 0.2) is 0 Å². The van der Waals surface area contributed by atoms with Crippen molar-refractivity contribution in [3.63, 3.8) is 0 Å². The number of hydrogen-bond donors (Lipinski definition) is 0. The van der Waals surface area contributed by atoms with Gasteiger partial charge in [0.25, 0.3) is 0 Å². The third-order valence-electron chi connectivity index (χ3n) is 3.62. The van der Waals surface area contributed by atoms with Crippen LogP contribution in [0.5, 0.6) is 0 Å². The minimum absolute atomic E-state index is 0.0969. The molecule has 0 heterocycles. The van der Waals surface area contributed by atoms with Crippen LogP contribution in [0.25, 0.3) is 11.1 Å². The summed E-state index contributed by atoms with van der Waals surface area (Å²) in [5, 5.41) is 0.615. The van der Waals surface area contributed by atoms with Gasteiger partial charge in [0, 0.05) is 10.4 Å². The molecule has 2 aromatic rings. The van der Waals surface area contributed by atoms with Gasteiger partial charge in [-0.2, -0.15) is 0 Å². The van der Waals surface area contributed by atoms with Crippen LogP contribution in [0.4, 0.5) is 0 Å². The second kappa shape index (κ2) is 8.37. The van der Waals surface area contributed by atoms with E-state index in [0.29, 0.717) is 18.1 Å². The van der Waals surface area contributed by atoms with Gasteiger partial charge in [0.2, 0.25) is 0 Å². The Morgan fingerprint density at radius 1 is 1.04 bits per heavy atom. The predicted molar refractivity (Wildman–Crippen MR) is 96.2 cm³/mol. The van der Waals surface area contributed by atoms with Crippen LogP contribution in [-0.2, 0) is 9.53 Å². The Morgan fingerprint density at radius 3 is 2.04 bits per heavy atom. The fourth-order valence-electron chi connectivity index (χ4n) is 2.49. The van der Waals surface area contributed by atoms with Crippen LogP contribution in [0.2, 0.25) is 5.02 Å². The van der Waals surface area contributed by atoms with Crippen molar-refractivity contribution in [3.8, 4) is 11.1 Å². The molecule has 4 heteroatoms. The quantitative estimate of drug-likeness (QED) is 0.495. The van der Waals surface area contributed by atoms with Crippen molar-refractivity contribution in [1.82, 2.24) is 0 Å². The first-order valence-corrected chi connectivity index (χ1v) is 8.49. The molecule has 0 aliphatic rings. The van der Waals surface area contributed by atoms with E-state index in [1.807, 2.05) is 62.4 Å². The van der Waals surface area contributed by atoms with Gasteiger partial charge in [-0.1, -0.05) is 48.0 Å². The first-order valence-electron chi connectivity index (χ1n) is 7.68. The van der Waals surface area contributed by atoms with Crippen molar-refractivity contribution in [2.75, 3.05) is 6.61 Å². The van der Waals surface area contributed by atoms with Crippen LogP contribution < -0.4 is 0 Å². The average molecular weight is 351 g/mol. The number of hydrogen-bond acceptors (Lipinski definition) is 2. The highest BCUT2D eigenvalue weighted by Crippen LogP contribution is 2.28. The number of esters is 1. The Balaban J connectivity index is 2.24. The smallest absolute Gasteiger partial charge is 0.313 e. The molecule has 0 fully saturated rings. The van der Waals surface area contributed by atoms with Crippen molar-refractivity contribution in [1.29, 1.82) is 0 Å². The van der Waals surface area contributed by atoms with E-state index in [2.05, 4.69) is 0 Å². The molecule has 0 N–H and O–H groups in total. The first-order chi connectivity index (χ1) is 11.0. The SMILES string of the molecule is CCOC(=O)C(CC(C)Cl)c1ccc(-c2ccc(Cl)cc2)cc1. The zero-order valence-electron chi connectivity index (χ0n) is 13.3. The Bertz CT molecular complexity index is 633. The summed E-state index contributed by atoms with van der Waals surface area (Å²) in [6, 6.07) is 15.6. The lowest BCUT2D eigenvalue weighted by Crippen LogP contribution is -2.18. The van der Waals surface area contributed by atoms with E-state index in [1.54, 1.807) is 0 Å². The highest BCUT2D eigenvalue weighted by atomic mass is 35.5. The van der Waals surface area contributed by atoms with Crippen molar-refractivity contribution in [2.45, 2.75) is 31.6 Å². The van der Waals surface area contributed by atoms with Gasteiger partial charge in [-0.15, -0.1) is 11.6 Å². The third-order valence-corrected chi connectivity index (χ3v) is 4.05. The molecule has 0 aliphatic carbocycles. The zero-order valence-corrected chi connectivity index (χ0v) is 14.8.